The highest BCUT2D eigenvalue weighted by Gasteiger charge is 2.05. The van der Waals surface area contributed by atoms with Gasteiger partial charge in [0, 0.05) is 12.5 Å². The quantitative estimate of drug-likeness (QED) is 0.395. The number of rotatable bonds is 9. The highest BCUT2D eigenvalue weighted by atomic mass is 35.5. The Labute approximate surface area is 119 Å². The van der Waals surface area contributed by atoms with Crippen LogP contribution in [-0.4, -0.2) is 31.7 Å². The Balaban J connectivity index is 2.18. The van der Waals surface area contributed by atoms with Gasteiger partial charge in [0.25, 0.3) is 0 Å². The van der Waals surface area contributed by atoms with Gasteiger partial charge in [-0.25, -0.2) is 4.79 Å². The lowest BCUT2D eigenvalue weighted by molar-refractivity contribution is 0.0484. The maximum Gasteiger partial charge on any atom is 0.338 e. The summed E-state index contributed by atoms with van der Waals surface area (Å²) >= 11 is 5.47. The summed E-state index contributed by atoms with van der Waals surface area (Å²) < 4.78 is 10.4. The van der Waals surface area contributed by atoms with Crippen molar-refractivity contribution in [1.82, 2.24) is 0 Å². The summed E-state index contributed by atoms with van der Waals surface area (Å²) in [6.45, 7) is 5.29. The average Bonchev–Trinajstić information content (AvgIpc) is 2.46. The van der Waals surface area contributed by atoms with E-state index < -0.39 is 0 Å². The van der Waals surface area contributed by atoms with Crippen LogP contribution in [0.5, 0.6) is 0 Å². The van der Waals surface area contributed by atoms with Crippen molar-refractivity contribution >= 4 is 23.6 Å². The number of halogens is 1. The molecule has 104 valence electrons. The Morgan fingerprint density at radius 3 is 2.47 bits per heavy atom. The first kappa shape index (κ1) is 15.7. The molecule has 19 heavy (non-hydrogen) atoms. The molecule has 3 nitrogen and oxygen atoms in total. The van der Waals surface area contributed by atoms with Gasteiger partial charge < -0.3 is 9.47 Å². The maximum atomic E-state index is 11.7. The summed E-state index contributed by atoms with van der Waals surface area (Å²) in [7, 11) is 0. The van der Waals surface area contributed by atoms with Gasteiger partial charge >= 0.3 is 5.97 Å². The molecule has 0 heterocycles. The zero-order valence-corrected chi connectivity index (χ0v) is 11.7. The van der Waals surface area contributed by atoms with Crippen molar-refractivity contribution < 1.29 is 14.3 Å². The fourth-order valence-electron chi connectivity index (χ4n) is 1.47. The lowest BCUT2D eigenvalue weighted by Crippen LogP contribution is -2.07. The van der Waals surface area contributed by atoms with Crippen LogP contribution in [0.4, 0.5) is 0 Å². The number of hydrogen-bond donors (Lipinski definition) is 0. The fraction of sp³-hybridized carbons (Fsp3) is 0.400. The normalized spacial score (nSPS) is 10.2. The molecule has 0 amide bonds. The second-order valence-electron chi connectivity index (χ2n) is 3.97. The molecule has 0 fully saturated rings. The van der Waals surface area contributed by atoms with Crippen LogP contribution in [-0.2, 0) is 9.47 Å². The van der Waals surface area contributed by atoms with Crippen molar-refractivity contribution in [3.63, 3.8) is 0 Å². The zero-order valence-electron chi connectivity index (χ0n) is 10.9. The minimum atomic E-state index is -0.294. The standard InChI is InChI=1S/C15H19ClO3/c1-2-13-5-7-14(8-6-13)15(17)19-11-4-3-10-18-12-9-16/h2,5-8H,1,3-4,9-12H2. The lowest BCUT2D eigenvalue weighted by atomic mass is 10.1. The monoisotopic (exact) mass is 282 g/mol. The van der Waals surface area contributed by atoms with Crippen molar-refractivity contribution in [2.45, 2.75) is 12.8 Å². The average molecular weight is 283 g/mol. The molecular weight excluding hydrogens is 264 g/mol. The van der Waals surface area contributed by atoms with E-state index in [4.69, 9.17) is 21.1 Å². The Kier molecular flexibility index (Phi) is 7.94. The molecule has 0 N–H and O–H groups in total. The molecule has 0 spiro atoms. The Bertz CT molecular complexity index is 387. The van der Waals surface area contributed by atoms with E-state index in [-0.39, 0.29) is 5.97 Å². The van der Waals surface area contributed by atoms with Gasteiger partial charge in [-0.15, -0.1) is 11.6 Å². The first-order valence-corrected chi connectivity index (χ1v) is 6.84. The van der Waals surface area contributed by atoms with Crippen LogP contribution in [0.1, 0.15) is 28.8 Å². The van der Waals surface area contributed by atoms with Gasteiger partial charge in [0.05, 0.1) is 18.8 Å². The summed E-state index contributed by atoms with van der Waals surface area (Å²) in [5.41, 5.74) is 1.54. The Hall–Kier alpha value is -1.32. The number of unbranched alkanes of at least 4 members (excludes halogenated alkanes) is 1. The number of carbonyl (C=O) groups is 1. The van der Waals surface area contributed by atoms with Crippen molar-refractivity contribution in [2.75, 3.05) is 25.7 Å². The summed E-state index contributed by atoms with van der Waals surface area (Å²) in [4.78, 5) is 11.7. The third-order valence-electron chi connectivity index (χ3n) is 2.52. The molecule has 0 aromatic heterocycles. The number of hydrogen-bond acceptors (Lipinski definition) is 3. The molecule has 0 saturated carbocycles. The molecule has 1 rings (SSSR count). The molecule has 0 atom stereocenters. The third-order valence-corrected chi connectivity index (χ3v) is 2.67. The first-order chi connectivity index (χ1) is 9.27. The molecule has 0 aliphatic carbocycles. The Morgan fingerprint density at radius 1 is 1.16 bits per heavy atom. The molecule has 1 aromatic rings. The summed E-state index contributed by atoms with van der Waals surface area (Å²) in [6.07, 6.45) is 3.38. The molecule has 0 unspecified atom stereocenters. The number of benzene rings is 1. The van der Waals surface area contributed by atoms with E-state index in [9.17, 15) is 4.79 Å². The van der Waals surface area contributed by atoms with Gasteiger partial charge in [-0.2, -0.15) is 0 Å². The van der Waals surface area contributed by atoms with Crippen LogP contribution in [0.3, 0.4) is 0 Å². The molecule has 1 aromatic carbocycles. The van der Waals surface area contributed by atoms with E-state index in [1.54, 1.807) is 18.2 Å². The van der Waals surface area contributed by atoms with Gasteiger partial charge in [0.2, 0.25) is 0 Å². The number of carbonyl (C=O) groups excluding carboxylic acids is 1. The van der Waals surface area contributed by atoms with Crippen molar-refractivity contribution in [1.29, 1.82) is 0 Å². The van der Waals surface area contributed by atoms with Crippen LogP contribution in [0.2, 0.25) is 0 Å². The van der Waals surface area contributed by atoms with Gasteiger partial charge in [0.1, 0.15) is 0 Å². The predicted molar refractivity (Wildman–Crippen MR) is 77.6 cm³/mol. The van der Waals surface area contributed by atoms with Crippen LogP contribution in [0.25, 0.3) is 6.08 Å². The lowest BCUT2D eigenvalue weighted by Gasteiger charge is -2.05. The zero-order chi connectivity index (χ0) is 13.9. The Morgan fingerprint density at radius 2 is 1.84 bits per heavy atom. The second-order valence-corrected chi connectivity index (χ2v) is 4.35. The molecule has 0 aliphatic heterocycles. The van der Waals surface area contributed by atoms with Crippen LogP contribution >= 0.6 is 11.6 Å². The van der Waals surface area contributed by atoms with Crippen LogP contribution < -0.4 is 0 Å². The summed E-state index contributed by atoms with van der Waals surface area (Å²) in [6, 6.07) is 7.15. The molecule has 0 radical (unpaired) electrons. The highest BCUT2D eigenvalue weighted by molar-refractivity contribution is 6.17. The van der Waals surface area contributed by atoms with Gasteiger partial charge in [-0.1, -0.05) is 24.8 Å². The van der Waals surface area contributed by atoms with E-state index in [2.05, 4.69) is 6.58 Å². The van der Waals surface area contributed by atoms with Crippen LogP contribution in [0, 0.1) is 0 Å². The number of esters is 1. The topological polar surface area (TPSA) is 35.5 Å². The smallest absolute Gasteiger partial charge is 0.338 e. The van der Waals surface area contributed by atoms with Crippen molar-refractivity contribution in [2.24, 2.45) is 0 Å². The van der Waals surface area contributed by atoms with Gasteiger partial charge in [-0.3, -0.25) is 0 Å². The number of ether oxygens (including phenoxy) is 2. The van der Waals surface area contributed by atoms with Crippen molar-refractivity contribution in [3.8, 4) is 0 Å². The van der Waals surface area contributed by atoms with Crippen molar-refractivity contribution in [3.05, 3.63) is 42.0 Å². The van der Waals surface area contributed by atoms with E-state index in [1.165, 1.54) is 0 Å². The summed E-state index contributed by atoms with van der Waals surface area (Å²) in [5.74, 6) is 0.215. The molecule has 0 bridgehead atoms. The van der Waals surface area contributed by atoms with Crippen LogP contribution in [0.15, 0.2) is 30.8 Å². The van der Waals surface area contributed by atoms with E-state index >= 15 is 0 Å². The van der Waals surface area contributed by atoms with E-state index in [0.29, 0.717) is 31.3 Å². The fourth-order valence-corrected chi connectivity index (χ4v) is 1.58. The number of alkyl halides is 1. The minimum Gasteiger partial charge on any atom is -0.462 e. The summed E-state index contributed by atoms with van der Waals surface area (Å²) in [5, 5.41) is 0. The SMILES string of the molecule is C=Cc1ccc(C(=O)OCCCCOCCCl)cc1. The highest BCUT2D eigenvalue weighted by Crippen LogP contribution is 2.07. The largest absolute Gasteiger partial charge is 0.462 e. The predicted octanol–water partition coefficient (Wildman–Crippen LogP) is 3.52. The molecule has 4 heteroatoms. The maximum absolute atomic E-state index is 11.7. The van der Waals surface area contributed by atoms with Gasteiger partial charge in [-0.05, 0) is 30.5 Å². The molecule has 0 saturated heterocycles. The van der Waals surface area contributed by atoms with E-state index in [0.717, 1.165) is 18.4 Å². The molecular formula is C15H19ClO3. The van der Waals surface area contributed by atoms with E-state index in [1.807, 2.05) is 12.1 Å². The third kappa shape index (κ3) is 6.41. The second kappa shape index (κ2) is 9.59. The van der Waals surface area contributed by atoms with Gasteiger partial charge in [0.15, 0.2) is 0 Å². The first-order valence-electron chi connectivity index (χ1n) is 6.31. The minimum absolute atomic E-state index is 0.294. The molecule has 0 aliphatic rings.